The summed E-state index contributed by atoms with van der Waals surface area (Å²) in [6.45, 7) is 2.86. The van der Waals surface area contributed by atoms with Crippen LogP contribution in [-0.4, -0.2) is 52.1 Å². The predicted molar refractivity (Wildman–Crippen MR) is 120 cm³/mol. The average molecular weight is 486 g/mol. The van der Waals surface area contributed by atoms with Crippen molar-refractivity contribution in [3.63, 3.8) is 0 Å². The van der Waals surface area contributed by atoms with Crippen molar-refractivity contribution in [2.75, 3.05) is 20.1 Å². The molecule has 1 atom stereocenters. The maximum Gasteiger partial charge on any atom is 0.252 e. The molecule has 1 fully saturated rings. The molecule has 3 rings (SSSR count). The lowest BCUT2D eigenvalue weighted by Gasteiger charge is -2.25. The molecule has 1 unspecified atom stereocenters. The number of hydrogen-bond acceptors (Lipinski definition) is 6. The minimum absolute atomic E-state index is 0.0106. The number of carbonyl (C=O) groups excluding carboxylic acids is 1. The number of rotatable bonds is 7. The quantitative estimate of drug-likeness (QED) is 0.646. The first-order valence-electron chi connectivity index (χ1n) is 9.97. The average Bonchev–Trinajstić information content (AvgIpc) is 3.22. The molecule has 8 nitrogen and oxygen atoms in total. The number of piperidine rings is 1. The highest BCUT2D eigenvalue weighted by molar-refractivity contribution is 7.91. The number of nitrogens with two attached hydrogens (primary N) is 1. The van der Waals surface area contributed by atoms with Gasteiger partial charge in [0.1, 0.15) is 4.21 Å². The van der Waals surface area contributed by atoms with Crippen LogP contribution in [0.1, 0.15) is 42.7 Å². The van der Waals surface area contributed by atoms with Gasteiger partial charge in [0.25, 0.3) is 10.0 Å². The molecule has 11 heteroatoms. The molecule has 1 aromatic heterocycles. The molecule has 170 valence electrons. The summed E-state index contributed by atoms with van der Waals surface area (Å²) < 4.78 is 50.6. The SMILES string of the molecule is CC(c1cccc(S(N)(=O)=O)c1)N(C)C(=O)Cc1ccc(S(=O)(=O)N2CCCCC2)s1. The van der Waals surface area contributed by atoms with Crippen molar-refractivity contribution in [3.05, 3.63) is 46.8 Å². The van der Waals surface area contributed by atoms with Gasteiger partial charge in [0.2, 0.25) is 15.9 Å². The lowest BCUT2D eigenvalue weighted by molar-refractivity contribution is -0.131. The van der Waals surface area contributed by atoms with E-state index in [1.165, 1.54) is 21.3 Å². The molecule has 31 heavy (non-hydrogen) atoms. The molecule has 0 aliphatic carbocycles. The maximum absolute atomic E-state index is 12.8. The van der Waals surface area contributed by atoms with Gasteiger partial charge in [0.05, 0.1) is 17.4 Å². The molecule has 0 bridgehead atoms. The first-order chi connectivity index (χ1) is 14.5. The summed E-state index contributed by atoms with van der Waals surface area (Å²) in [7, 11) is -5.72. The Kier molecular flexibility index (Phi) is 7.21. The van der Waals surface area contributed by atoms with Gasteiger partial charge < -0.3 is 4.90 Å². The van der Waals surface area contributed by atoms with Crippen molar-refractivity contribution < 1.29 is 21.6 Å². The number of hydrogen-bond donors (Lipinski definition) is 1. The van der Waals surface area contributed by atoms with Crippen molar-refractivity contribution in [1.82, 2.24) is 9.21 Å². The van der Waals surface area contributed by atoms with Crippen LogP contribution in [0.5, 0.6) is 0 Å². The second kappa shape index (κ2) is 9.37. The van der Waals surface area contributed by atoms with Crippen LogP contribution in [0.15, 0.2) is 45.5 Å². The highest BCUT2D eigenvalue weighted by Crippen LogP contribution is 2.28. The van der Waals surface area contributed by atoms with Crippen LogP contribution in [-0.2, 0) is 31.3 Å². The zero-order valence-corrected chi connectivity index (χ0v) is 20.0. The molecule has 2 aromatic rings. The maximum atomic E-state index is 12.8. The third-order valence-corrected chi connectivity index (χ3v) is 9.88. The zero-order chi connectivity index (χ0) is 22.8. The van der Waals surface area contributed by atoms with Gasteiger partial charge in [-0.1, -0.05) is 18.6 Å². The van der Waals surface area contributed by atoms with Gasteiger partial charge in [-0.2, -0.15) is 4.31 Å². The fourth-order valence-electron chi connectivity index (χ4n) is 3.49. The Morgan fingerprint density at radius 2 is 1.81 bits per heavy atom. The zero-order valence-electron chi connectivity index (χ0n) is 17.5. The number of benzene rings is 1. The van der Waals surface area contributed by atoms with Crippen LogP contribution in [0.25, 0.3) is 0 Å². The van der Waals surface area contributed by atoms with Gasteiger partial charge in [-0.05, 0) is 49.6 Å². The summed E-state index contributed by atoms with van der Waals surface area (Å²) in [6.07, 6.45) is 2.84. The molecular formula is C20H27N3O5S3. The van der Waals surface area contributed by atoms with Crippen LogP contribution in [0.4, 0.5) is 0 Å². The van der Waals surface area contributed by atoms with E-state index in [9.17, 15) is 21.6 Å². The highest BCUT2D eigenvalue weighted by Gasteiger charge is 2.28. The van der Waals surface area contributed by atoms with Gasteiger partial charge in [-0.15, -0.1) is 11.3 Å². The van der Waals surface area contributed by atoms with Crippen LogP contribution in [0.2, 0.25) is 0 Å². The van der Waals surface area contributed by atoms with E-state index in [4.69, 9.17) is 5.14 Å². The Balaban J connectivity index is 1.70. The van der Waals surface area contributed by atoms with E-state index in [2.05, 4.69) is 0 Å². The Labute approximate surface area is 187 Å². The number of likely N-dealkylation sites (N-methyl/N-ethyl adjacent to an activating group) is 1. The Hall–Kier alpha value is -1.79. The monoisotopic (exact) mass is 485 g/mol. The number of nitrogens with zero attached hydrogens (tertiary/aromatic N) is 2. The van der Waals surface area contributed by atoms with Gasteiger partial charge in [-0.25, -0.2) is 22.0 Å². The third kappa shape index (κ3) is 5.53. The molecule has 1 aromatic carbocycles. The van der Waals surface area contributed by atoms with E-state index in [1.807, 2.05) is 0 Å². The van der Waals surface area contributed by atoms with Gasteiger partial charge in [-0.3, -0.25) is 4.79 Å². The standard InChI is InChI=1S/C20H27N3O5S3/c1-15(16-7-6-8-18(13-16)30(21,25)26)22(2)19(24)14-17-9-10-20(29-17)31(27,28)23-11-4-3-5-12-23/h6-10,13,15H,3-5,11-12,14H2,1-2H3,(H2,21,25,26). The summed E-state index contributed by atoms with van der Waals surface area (Å²) in [6, 6.07) is 9.04. The summed E-state index contributed by atoms with van der Waals surface area (Å²) in [5.41, 5.74) is 0.641. The minimum atomic E-state index is -3.84. The summed E-state index contributed by atoms with van der Waals surface area (Å²) in [5.74, 6) is -0.197. The van der Waals surface area contributed by atoms with E-state index in [0.29, 0.717) is 23.5 Å². The number of sulfonamides is 2. The van der Waals surface area contributed by atoms with Crippen LogP contribution < -0.4 is 5.14 Å². The van der Waals surface area contributed by atoms with Crippen LogP contribution in [0.3, 0.4) is 0 Å². The third-order valence-electron chi connectivity index (χ3n) is 5.52. The topological polar surface area (TPSA) is 118 Å². The molecule has 0 saturated carbocycles. The molecule has 2 N–H and O–H groups in total. The molecule has 0 radical (unpaired) electrons. The number of primary sulfonamides is 1. The Bertz CT molecular complexity index is 1150. The lowest BCUT2D eigenvalue weighted by Crippen LogP contribution is -2.35. The van der Waals surface area contributed by atoms with Crippen molar-refractivity contribution in [2.45, 2.75) is 47.8 Å². The lowest BCUT2D eigenvalue weighted by atomic mass is 10.1. The number of thiophene rings is 1. The van der Waals surface area contributed by atoms with E-state index in [-0.39, 0.29) is 27.5 Å². The molecule has 1 saturated heterocycles. The second-order valence-electron chi connectivity index (χ2n) is 7.66. The van der Waals surface area contributed by atoms with Crippen molar-refractivity contribution in [3.8, 4) is 0 Å². The smallest absolute Gasteiger partial charge is 0.252 e. The first kappa shape index (κ1) is 23.9. The fourth-order valence-corrected chi connectivity index (χ4v) is 7.08. The molecule has 2 heterocycles. The fraction of sp³-hybridized carbons (Fsp3) is 0.450. The van der Waals surface area contributed by atoms with Crippen molar-refractivity contribution in [2.24, 2.45) is 5.14 Å². The number of carbonyl (C=O) groups is 1. The van der Waals surface area contributed by atoms with Gasteiger partial charge >= 0.3 is 0 Å². The second-order valence-corrected chi connectivity index (χ2v) is 12.6. The Morgan fingerprint density at radius 3 is 2.45 bits per heavy atom. The Morgan fingerprint density at radius 1 is 1.13 bits per heavy atom. The number of amides is 1. The van der Waals surface area contributed by atoms with Gasteiger partial charge in [0, 0.05) is 25.0 Å². The predicted octanol–water partition coefficient (Wildman–Crippen LogP) is 2.33. The van der Waals surface area contributed by atoms with Gasteiger partial charge in [0.15, 0.2) is 0 Å². The first-order valence-corrected chi connectivity index (χ1v) is 13.8. The molecule has 0 spiro atoms. The van der Waals surface area contributed by atoms with Crippen LogP contribution in [0, 0.1) is 0 Å². The summed E-state index contributed by atoms with van der Waals surface area (Å²) in [5, 5.41) is 5.20. The van der Waals surface area contributed by atoms with Crippen molar-refractivity contribution >= 4 is 37.3 Å². The minimum Gasteiger partial charge on any atom is -0.339 e. The highest BCUT2D eigenvalue weighted by atomic mass is 32.2. The molecule has 1 aliphatic rings. The van der Waals surface area contributed by atoms with E-state index >= 15 is 0 Å². The normalized spacial score (nSPS) is 16.7. The molecule has 1 aliphatic heterocycles. The van der Waals surface area contributed by atoms with Crippen molar-refractivity contribution in [1.29, 1.82) is 0 Å². The van der Waals surface area contributed by atoms with E-state index < -0.39 is 20.0 Å². The summed E-state index contributed by atoms with van der Waals surface area (Å²) in [4.78, 5) is 15.0. The van der Waals surface area contributed by atoms with E-state index in [1.54, 1.807) is 38.2 Å². The van der Waals surface area contributed by atoms with E-state index in [0.717, 1.165) is 30.6 Å². The van der Waals surface area contributed by atoms with Crippen LogP contribution >= 0.6 is 11.3 Å². The molecule has 1 amide bonds. The summed E-state index contributed by atoms with van der Waals surface area (Å²) >= 11 is 1.12. The molecular weight excluding hydrogens is 458 g/mol. The largest absolute Gasteiger partial charge is 0.339 e.